The summed E-state index contributed by atoms with van der Waals surface area (Å²) >= 11 is 1.44. The van der Waals surface area contributed by atoms with Crippen LogP contribution in [0.5, 0.6) is 0 Å². The molecule has 0 unspecified atom stereocenters. The third-order valence-corrected chi connectivity index (χ3v) is 5.09. The standard InChI is InChI=1S/C23H23N3O3S/c1-15(2)21(27)25-18-9-7-16(8-10-18)13-24-23(29)19-5-3-4-6-20(19)26-22(28)17-11-12-30-14-17/h3-12,14-15H,13H2,1-2H3,(H,24,29)(H,25,27)(H,26,28). The van der Waals surface area contributed by atoms with E-state index < -0.39 is 0 Å². The lowest BCUT2D eigenvalue weighted by molar-refractivity contribution is -0.118. The van der Waals surface area contributed by atoms with Crippen LogP contribution in [0, 0.1) is 5.92 Å². The summed E-state index contributed by atoms with van der Waals surface area (Å²) in [6.07, 6.45) is 0. The summed E-state index contributed by atoms with van der Waals surface area (Å²) in [5.41, 5.74) is 3.01. The number of amides is 3. The average Bonchev–Trinajstić information content (AvgIpc) is 3.28. The van der Waals surface area contributed by atoms with Crippen LogP contribution >= 0.6 is 11.3 Å². The molecule has 3 amide bonds. The van der Waals surface area contributed by atoms with Crippen molar-refractivity contribution in [3.05, 3.63) is 82.0 Å². The van der Waals surface area contributed by atoms with Gasteiger partial charge in [-0.15, -0.1) is 0 Å². The molecule has 1 aromatic heterocycles. The van der Waals surface area contributed by atoms with Crippen molar-refractivity contribution in [2.75, 3.05) is 10.6 Å². The number of carbonyl (C=O) groups is 3. The van der Waals surface area contributed by atoms with E-state index in [4.69, 9.17) is 0 Å². The molecule has 7 heteroatoms. The van der Waals surface area contributed by atoms with Crippen LogP contribution in [-0.4, -0.2) is 17.7 Å². The highest BCUT2D eigenvalue weighted by atomic mass is 32.1. The molecule has 30 heavy (non-hydrogen) atoms. The molecule has 0 saturated carbocycles. The smallest absolute Gasteiger partial charge is 0.256 e. The van der Waals surface area contributed by atoms with Crippen LogP contribution in [0.1, 0.15) is 40.1 Å². The molecule has 2 aromatic carbocycles. The van der Waals surface area contributed by atoms with Crippen molar-refractivity contribution in [2.45, 2.75) is 20.4 Å². The summed E-state index contributed by atoms with van der Waals surface area (Å²) in [6, 6.07) is 15.9. The van der Waals surface area contributed by atoms with E-state index >= 15 is 0 Å². The van der Waals surface area contributed by atoms with Gasteiger partial charge in [-0.25, -0.2) is 0 Å². The lowest BCUT2D eigenvalue weighted by Crippen LogP contribution is -2.24. The van der Waals surface area contributed by atoms with Crippen molar-refractivity contribution in [1.29, 1.82) is 0 Å². The fourth-order valence-electron chi connectivity index (χ4n) is 2.65. The van der Waals surface area contributed by atoms with Crippen molar-refractivity contribution < 1.29 is 14.4 Å². The predicted molar refractivity (Wildman–Crippen MR) is 120 cm³/mol. The van der Waals surface area contributed by atoms with Gasteiger partial charge in [-0.05, 0) is 41.3 Å². The van der Waals surface area contributed by atoms with Crippen LogP contribution in [0.15, 0.2) is 65.4 Å². The minimum atomic E-state index is -0.284. The molecular weight excluding hydrogens is 398 g/mol. The van der Waals surface area contributed by atoms with Crippen LogP contribution in [-0.2, 0) is 11.3 Å². The first kappa shape index (κ1) is 21.3. The maximum Gasteiger partial charge on any atom is 0.256 e. The highest BCUT2D eigenvalue weighted by molar-refractivity contribution is 7.08. The first-order valence-electron chi connectivity index (χ1n) is 9.54. The summed E-state index contributed by atoms with van der Waals surface area (Å²) in [5.74, 6) is -0.676. The molecule has 0 atom stereocenters. The van der Waals surface area contributed by atoms with Gasteiger partial charge in [-0.2, -0.15) is 11.3 Å². The lowest BCUT2D eigenvalue weighted by atomic mass is 10.1. The van der Waals surface area contributed by atoms with Gasteiger partial charge in [0.2, 0.25) is 5.91 Å². The number of nitrogens with one attached hydrogen (secondary N) is 3. The summed E-state index contributed by atoms with van der Waals surface area (Å²) in [6.45, 7) is 3.99. The van der Waals surface area contributed by atoms with Gasteiger partial charge in [0, 0.05) is 23.5 Å². The summed E-state index contributed by atoms with van der Waals surface area (Å²) in [7, 11) is 0. The fourth-order valence-corrected chi connectivity index (χ4v) is 3.28. The van der Waals surface area contributed by atoms with E-state index in [0.29, 0.717) is 29.0 Å². The number of benzene rings is 2. The molecule has 3 rings (SSSR count). The molecule has 0 radical (unpaired) electrons. The Morgan fingerprint density at radius 3 is 2.30 bits per heavy atom. The number of carbonyl (C=O) groups excluding carboxylic acids is 3. The molecule has 0 aliphatic carbocycles. The number of rotatable bonds is 7. The molecule has 6 nitrogen and oxygen atoms in total. The van der Waals surface area contributed by atoms with Crippen molar-refractivity contribution in [3.8, 4) is 0 Å². The van der Waals surface area contributed by atoms with E-state index in [1.54, 1.807) is 47.8 Å². The Labute approximate surface area is 179 Å². The predicted octanol–water partition coefficient (Wildman–Crippen LogP) is 4.52. The third-order valence-electron chi connectivity index (χ3n) is 4.40. The molecular formula is C23H23N3O3S. The summed E-state index contributed by atoms with van der Waals surface area (Å²) < 4.78 is 0. The highest BCUT2D eigenvalue weighted by Gasteiger charge is 2.14. The zero-order valence-corrected chi connectivity index (χ0v) is 17.6. The topological polar surface area (TPSA) is 87.3 Å². The largest absolute Gasteiger partial charge is 0.348 e. The average molecular weight is 422 g/mol. The van der Waals surface area contributed by atoms with E-state index in [-0.39, 0.29) is 23.6 Å². The maximum atomic E-state index is 12.7. The van der Waals surface area contributed by atoms with Crippen molar-refractivity contribution in [2.24, 2.45) is 5.92 Å². The van der Waals surface area contributed by atoms with Crippen LogP contribution in [0.4, 0.5) is 11.4 Å². The van der Waals surface area contributed by atoms with E-state index in [0.717, 1.165) is 5.56 Å². The van der Waals surface area contributed by atoms with E-state index in [1.165, 1.54) is 11.3 Å². The SMILES string of the molecule is CC(C)C(=O)Nc1ccc(CNC(=O)c2ccccc2NC(=O)c2ccsc2)cc1. The Balaban J connectivity index is 1.61. The van der Waals surface area contributed by atoms with Gasteiger partial charge in [-0.3, -0.25) is 14.4 Å². The number of para-hydroxylation sites is 1. The summed E-state index contributed by atoms with van der Waals surface area (Å²) in [4.78, 5) is 36.7. The molecule has 3 N–H and O–H groups in total. The third kappa shape index (κ3) is 5.55. The highest BCUT2D eigenvalue weighted by Crippen LogP contribution is 2.18. The Bertz CT molecular complexity index is 1030. The van der Waals surface area contributed by atoms with Crippen molar-refractivity contribution in [3.63, 3.8) is 0 Å². The molecule has 0 spiro atoms. The van der Waals surface area contributed by atoms with Gasteiger partial charge in [0.05, 0.1) is 16.8 Å². The number of thiophene rings is 1. The van der Waals surface area contributed by atoms with Crippen LogP contribution in [0.3, 0.4) is 0 Å². The van der Waals surface area contributed by atoms with Gasteiger partial charge in [0.15, 0.2) is 0 Å². The number of anilines is 2. The Kier molecular flexibility index (Phi) is 6.98. The fraction of sp³-hybridized carbons (Fsp3) is 0.174. The Morgan fingerprint density at radius 1 is 0.900 bits per heavy atom. The Hall–Kier alpha value is -3.45. The zero-order chi connectivity index (χ0) is 21.5. The minimum absolute atomic E-state index is 0.0443. The van der Waals surface area contributed by atoms with Crippen LogP contribution in [0.25, 0.3) is 0 Å². The normalized spacial score (nSPS) is 10.5. The quantitative estimate of drug-likeness (QED) is 0.524. The molecule has 0 aliphatic heterocycles. The second-order valence-electron chi connectivity index (χ2n) is 7.04. The summed E-state index contributed by atoms with van der Waals surface area (Å²) in [5, 5.41) is 12.1. The van der Waals surface area contributed by atoms with Gasteiger partial charge < -0.3 is 16.0 Å². The number of hydrogen-bond acceptors (Lipinski definition) is 4. The van der Waals surface area contributed by atoms with Gasteiger partial charge in [0.25, 0.3) is 11.8 Å². The molecule has 0 saturated heterocycles. The molecule has 0 fully saturated rings. The first-order chi connectivity index (χ1) is 14.4. The van der Waals surface area contributed by atoms with E-state index in [9.17, 15) is 14.4 Å². The van der Waals surface area contributed by atoms with Gasteiger partial charge in [0.1, 0.15) is 0 Å². The Morgan fingerprint density at radius 2 is 1.63 bits per heavy atom. The van der Waals surface area contributed by atoms with E-state index in [1.807, 2.05) is 31.4 Å². The molecule has 0 aliphatic rings. The first-order valence-corrected chi connectivity index (χ1v) is 10.5. The molecule has 0 bridgehead atoms. The second-order valence-corrected chi connectivity index (χ2v) is 7.82. The van der Waals surface area contributed by atoms with E-state index in [2.05, 4.69) is 16.0 Å². The van der Waals surface area contributed by atoms with Gasteiger partial charge >= 0.3 is 0 Å². The molecule has 154 valence electrons. The van der Waals surface area contributed by atoms with Crippen LogP contribution in [0.2, 0.25) is 0 Å². The van der Waals surface area contributed by atoms with Crippen LogP contribution < -0.4 is 16.0 Å². The van der Waals surface area contributed by atoms with Crippen molar-refractivity contribution >= 4 is 40.4 Å². The molecule has 1 heterocycles. The lowest BCUT2D eigenvalue weighted by Gasteiger charge is -2.12. The maximum absolute atomic E-state index is 12.7. The molecule has 3 aromatic rings. The monoisotopic (exact) mass is 421 g/mol. The number of hydrogen-bond donors (Lipinski definition) is 3. The van der Waals surface area contributed by atoms with Gasteiger partial charge in [-0.1, -0.05) is 38.1 Å². The zero-order valence-electron chi connectivity index (χ0n) is 16.8. The second kappa shape index (κ2) is 9.84. The minimum Gasteiger partial charge on any atom is -0.348 e. The van der Waals surface area contributed by atoms with Crippen molar-refractivity contribution in [1.82, 2.24) is 5.32 Å².